The van der Waals surface area contributed by atoms with Crippen molar-refractivity contribution in [1.82, 2.24) is 10.6 Å². The molecule has 2 aliphatic carbocycles. The lowest BCUT2D eigenvalue weighted by Crippen LogP contribution is -2.50. The maximum Gasteiger partial charge on any atom is 0.226 e. The van der Waals surface area contributed by atoms with Crippen LogP contribution in [0.2, 0.25) is 0 Å². The zero-order chi connectivity index (χ0) is 14.8. The molecule has 0 radical (unpaired) electrons. The highest BCUT2D eigenvalue weighted by molar-refractivity contribution is 5.78. The highest BCUT2D eigenvalue weighted by Crippen LogP contribution is 2.37. The van der Waals surface area contributed by atoms with Gasteiger partial charge in [0.25, 0.3) is 0 Å². The molecule has 0 aromatic heterocycles. The third-order valence-corrected chi connectivity index (χ3v) is 5.28. The molecule has 0 spiro atoms. The summed E-state index contributed by atoms with van der Waals surface area (Å²) in [5, 5.41) is 6.07. The van der Waals surface area contributed by atoms with E-state index in [1.54, 1.807) is 0 Å². The Morgan fingerprint density at radius 2 is 2.05 bits per heavy atom. The maximum atomic E-state index is 12.5. The summed E-state index contributed by atoms with van der Waals surface area (Å²) in [5.41, 5.74) is 0. The molecule has 3 rings (SSSR count). The molecular formula is C16H28N2O3. The van der Waals surface area contributed by atoms with Gasteiger partial charge in [-0.2, -0.15) is 0 Å². The fourth-order valence-corrected chi connectivity index (χ4v) is 3.68. The molecule has 0 aromatic carbocycles. The first-order valence-electron chi connectivity index (χ1n) is 8.42. The van der Waals surface area contributed by atoms with Gasteiger partial charge in [-0.15, -0.1) is 0 Å². The van der Waals surface area contributed by atoms with Gasteiger partial charge in [0.1, 0.15) is 0 Å². The van der Waals surface area contributed by atoms with Gasteiger partial charge in [-0.3, -0.25) is 10.1 Å². The first-order chi connectivity index (χ1) is 10.2. The Kier molecular flexibility index (Phi) is 4.82. The minimum atomic E-state index is -0.370. The van der Waals surface area contributed by atoms with Crippen molar-refractivity contribution < 1.29 is 14.3 Å². The molecule has 120 valence electrons. The monoisotopic (exact) mass is 296 g/mol. The van der Waals surface area contributed by atoms with E-state index in [0.29, 0.717) is 17.9 Å². The second kappa shape index (κ2) is 6.63. The van der Waals surface area contributed by atoms with E-state index in [0.717, 1.165) is 32.3 Å². The summed E-state index contributed by atoms with van der Waals surface area (Å²) in [5.74, 6) is 1.49. The van der Waals surface area contributed by atoms with Crippen LogP contribution in [0.25, 0.3) is 0 Å². The van der Waals surface area contributed by atoms with Gasteiger partial charge in [0.2, 0.25) is 5.91 Å². The summed E-state index contributed by atoms with van der Waals surface area (Å²) in [6, 6.07) is 0. The van der Waals surface area contributed by atoms with Crippen molar-refractivity contribution in [3.05, 3.63) is 0 Å². The Morgan fingerprint density at radius 3 is 2.76 bits per heavy atom. The lowest BCUT2D eigenvalue weighted by Gasteiger charge is -2.31. The van der Waals surface area contributed by atoms with Gasteiger partial charge in [0.15, 0.2) is 6.35 Å². The van der Waals surface area contributed by atoms with Crippen molar-refractivity contribution in [3.8, 4) is 0 Å². The largest absolute Gasteiger partial charge is 0.378 e. The number of nitrogens with one attached hydrogen (secondary N) is 2. The Hall–Kier alpha value is -0.650. The Labute approximate surface area is 127 Å². The van der Waals surface area contributed by atoms with Crippen LogP contribution in [0, 0.1) is 17.8 Å². The van der Waals surface area contributed by atoms with E-state index in [2.05, 4.69) is 17.6 Å². The van der Waals surface area contributed by atoms with Crippen LogP contribution in [0.15, 0.2) is 0 Å². The summed E-state index contributed by atoms with van der Waals surface area (Å²) < 4.78 is 11.6. The van der Waals surface area contributed by atoms with Gasteiger partial charge in [0.05, 0.1) is 12.2 Å². The molecule has 2 N–H and O–H groups in total. The van der Waals surface area contributed by atoms with Gasteiger partial charge < -0.3 is 14.8 Å². The summed E-state index contributed by atoms with van der Waals surface area (Å²) in [6.45, 7) is 2.96. The molecule has 3 fully saturated rings. The Balaban J connectivity index is 1.47. The second-order valence-electron chi connectivity index (χ2n) is 6.82. The molecular weight excluding hydrogens is 268 g/mol. The topological polar surface area (TPSA) is 59.6 Å². The van der Waals surface area contributed by atoms with E-state index in [9.17, 15) is 4.79 Å². The van der Waals surface area contributed by atoms with Gasteiger partial charge in [-0.05, 0) is 64.3 Å². The lowest BCUT2D eigenvalue weighted by atomic mass is 9.79. The fraction of sp³-hybridized carbons (Fsp3) is 0.938. The predicted octanol–water partition coefficient (Wildman–Crippen LogP) is 1.63. The van der Waals surface area contributed by atoms with E-state index in [-0.39, 0.29) is 24.3 Å². The first kappa shape index (κ1) is 15.3. The highest BCUT2D eigenvalue weighted by atomic mass is 16.5. The number of carbonyl (C=O) groups is 1. The first-order valence-corrected chi connectivity index (χ1v) is 8.42. The van der Waals surface area contributed by atoms with Crippen molar-refractivity contribution >= 4 is 5.91 Å². The third-order valence-electron chi connectivity index (χ3n) is 5.28. The Bertz CT molecular complexity index is 373. The molecule has 5 heteroatoms. The van der Waals surface area contributed by atoms with Crippen LogP contribution in [-0.2, 0) is 14.3 Å². The maximum absolute atomic E-state index is 12.5. The van der Waals surface area contributed by atoms with E-state index in [4.69, 9.17) is 9.47 Å². The lowest BCUT2D eigenvalue weighted by molar-refractivity contribution is -0.135. The van der Waals surface area contributed by atoms with E-state index < -0.39 is 0 Å². The summed E-state index contributed by atoms with van der Waals surface area (Å²) in [7, 11) is 1.83. The van der Waals surface area contributed by atoms with Crippen molar-refractivity contribution in [2.24, 2.45) is 17.8 Å². The van der Waals surface area contributed by atoms with Gasteiger partial charge in [-0.25, -0.2) is 0 Å². The number of rotatable bonds is 6. The number of ether oxygens (including phenoxy) is 2. The third kappa shape index (κ3) is 3.76. The van der Waals surface area contributed by atoms with Crippen LogP contribution < -0.4 is 10.6 Å². The van der Waals surface area contributed by atoms with Crippen molar-refractivity contribution in [1.29, 1.82) is 0 Å². The average Bonchev–Trinajstić information content (AvgIpc) is 3.24. The van der Waals surface area contributed by atoms with Crippen molar-refractivity contribution in [3.63, 3.8) is 0 Å². The normalized spacial score (nSPS) is 35.0. The van der Waals surface area contributed by atoms with Crippen LogP contribution in [0.5, 0.6) is 0 Å². The zero-order valence-electron chi connectivity index (χ0n) is 13.1. The fourth-order valence-electron chi connectivity index (χ4n) is 3.68. The predicted molar refractivity (Wildman–Crippen MR) is 79.4 cm³/mol. The number of amides is 1. The molecule has 21 heavy (non-hydrogen) atoms. The van der Waals surface area contributed by atoms with Crippen LogP contribution in [-0.4, -0.2) is 38.1 Å². The molecule has 2 saturated carbocycles. The molecule has 5 nitrogen and oxygen atoms in total. The molecule has 1 amide bonds. The van der Waals surface area contributed by atoms with Crippen LogP contribution in [0.4, 0.5) is 0 Å². The summed E-state index contributed by atoms with van der Waals surface area (Å²) in [6.07, 6.45) is 6.76. The molecule has 1 saturated heterocycles. The molecule has 1 heterocycles. The van der Waals surface area contributed by atoms with E-state index >= 15 is 0 Å². The summed E-state index contributed by atoms with van der Waals surface area (Å²) in [4.78, 5) is 12.5. The number of carbonyl (C=O) groups excluding carboxylic acids is 1. The molecule has 0 aromatic rings. The quantitative estimate of drug-likeness (QED) is 0.731. The molecule has 5 unspecified atom stereocenters. The van der Waals surface area contributed by atoms with Crippen LogP contribution in [0.1, 0.15) is 45.4 Å². The Morgan fingerprint density at radius 1 is 1.24 bits per heavy atom. The van der Waals surface area contributed by atoms with Crippen molar-refractivity contribution in [2.75, 3.05) is 13.7 Å². The zero-order valence-corrected chi connectivity index (χ0v) is 13.1. The minimum absolute atomic E-state index is 0.114. The van der Waals surface area contributed by atoms with Gasteiger partial charge in [-0.1, -0.05) is 0 Å². The smallest absolute Gasteiger partial charge is 0.226 e. The van der Waals surface area contributed by atoms with Gasteiger partial charge in [0, 0.05) is 12.5 Å². The average molecular weight is 296 g/mol. The number of fused-ring (bicyclic) bond motifs is 1. The number of hydrogen-bond donors (Lipinski definition) is 2. The molecule has 1 aliphatic heterocycles. The SMILES string of the molecule is CNC(NC(=O)C1CCC2OCCC2C1)OC(C)C1CC1. The number of hydrogen-bond acceptors (Lipinski definition) is 4. The van der Waals surface area contributed by atoms with E-state index in [1.165, 1.54) is 12.8 Å². The van der Waals surface area contributed by atoms with Crippen LogP contribution >= 0.6 is 0 Å². The minimum Gasteiger partial charge on any atom is -0.378 e. The molecule has 5 atom stereocenters. The highest BCUT2D eigenvalue weighted by Gasteiger charge is 2.38. The van der Waals surface area contributed by atoms with Crippen molar-refractivity contribution in [2.45, 2.75) is 64.0 Å². The molecule has 3 aliphatic rings. The second-order valence-corrected chi connectivity index (χ2v) is 6.82. The van der Waals surface area contributed by atoms with Crippen LogP contribution in [0.3, 0.4) is 0 Å². The summed E-state index contributed by atoms with van der Waals surface area (Å²) >= 11 is 0. The van der Waals surface area contributed by atoms with E-state index in [1.807, 2.05) is 7.05 Å². The molecule has 0 bridgehead atoms. The standard InChI is InChI=1S/C16H28N2O3/c1-10(11-3-4-11)21-16(17-2)18-15(19)13-5-6-14-12(9-13)7-8-20-14/h10-14,16-17H,3-9H2,1-2H3,(H,18,19). The van der Waals surface area contributed by atoms with Gasteiger partial charge >= 0.3 is 0 Å².